The summed E-state index contributed by atoms with van der Waals surface area (Å²) in [5.41, 5.74) is 3.47. The van der Waals surface area contributed by atoms with Gasteiger partial charge in [-0.3, -0.25) is 0 Å². The van der Waals surface area contributed by atoms with Gasteiger partial charge in [-0.25, -0.2) is 0 Å². The maximum absolute atomic E-state index is 5.26. The summed E-state index contributed by atoms with van der Waals surface area (Å²) in [6.45, 7) is 1.60. The van der Waals surface area contributed by atoms with Gasteiger partial charge < -0.3 is 14.6 Å². The minimum absolute atomic E-state index is 0.567. The fourth-order valence-electron chi connectivity index (χ4n) is 2.09. The van der Waals surface area contributed by atoms with Crippen LogP contribution in [0.5, 0.6) is 0 Å². The molecule has 0 spiro atoms. The highest BCUT2D eigenvalue weighted by Gasteiger charge is 2.14. The monoisotopic (exact) mass is 245 g/mol. The second kappa shape index (κ2) is 4.78. The predicted octanol–water partition coefficient (Wildman–Crippen LogP) is 1.89. The highest BCUT2D eigenvalue weighted by Crippen LogP contribution is 2.28. The van der Waals surface area contributed by atoms with Crippen molar-refractivity contribution < 1.29 is 9.26 Å². The van der Waals surface area contributed by atoms with E-state index in [1.807, 2.05) is 6.07 Å². The van der Waals surface area contributed by atoms with Gasteiger partial charge in [-0.2, -0.15) is 4.98 Å². The summed E-state index contributed by atoms with van der Waals surface area (Å²) in [4.78, 5) is 4.36. The van der Waals surface area contributed by atoms with Crippen LogP contribution >= 0.6 is 0 Å². The van der Waals surface area contributed by atoms with E-state index in [1.165, 1.54) is 11.3 Å². The molecular weight excluding hydrogens is 230 g/mol. The highest BCUT2D eigenvalue weighted by molar-refractivity contribution is 5.66. The number of benzene rings is 1. The van der Waals surface area contributed by atoms with Crippen molar-refractivity contribution in [3.8, 4) is 11.5 Å². The van der Waals surface area contributed by atoms with Crippen LogP contribution in [0.2, 0.25) is 0 Å². The normalized spacial score (nSPS) is 13.4. The summed E-state index contributed by atoms with van der Waals surface area (Å²) in [5.74, 6) is 1.25. The number of nitrogens with one attached hydrogen (secondary N) is 1. The molecule has 0 saturated carbocycles. The molecule has 0 bridgehead atoms. The minimum atomic E-state index is 0.567. The number of ether oxygens (including phenoxy) is 1. The lowest BCUT2D eigenvalue weighted by atomic mass is 10.1. The van der Waals surface area contributed by atoms with Crippen molar-refractivity contribution in [2.75, 3.05) is 25.6 Å². The molecule has 0 amide bonds. The van der Waals surface area contributed by atoms with Crippen LogP contribution in [-0.2, 0) is 17.6 Å². The van der Waals surface area contributed by atoms with Gasteiger partial charge in [0.25, 0.3) is 5.89 Å². The van der Waals surface area contributed by atoms with E-state index in [2.05, 4.69) is 27.6 Å². The second-order valence-corrected chi connectivity index (χ2v) is 4.31. The van der Waals surface area contributed by atoms with E-state index >= 15 is 0 Å². The molecule has 1 aliphatic rings. The van der Waals surface area contributed by atoms with Gasteiger partial charge in [-0.15, -0.1) is 0 Å². The Morgan fingerprint density at radius 3 is 3.28 bits per heavy atom. The third kappa shape index (κ3) is 2.09. The van der Waals surface area contributed by atoms with Gasteiger partial charge in [0.2, 0.25) is 0 Å². The average molecular weight is 245 g/mol. The number of aromatic nitrogens is 2. The lowest BCUT2D eigenvalue weighted by molar-refractivity contribution is 0.199. The fourth-order valence-corrected chi connectivity index (χ4v) is 2.09. The van der Waals surface area contributed by atoms with Crippen LogP contribution in [0.1, 0.15) is 11.4 Å². The lowest BCUT2D eigenvalue weighted by Gasteiger charge is -2.00. The molecule has 18 heavy (non-hydrogen) atoms. The first-order valence-corrected chi connectivity index (χ1v) is 6.05. The summed E-state index contributed by atoms with van der Waals surface area (Å²) in [6, 6.07) is 6.21. The quantitative estimate of drug-likeness (QED) is 0.891. The predicted molar refractivity (Wildman–Crippen MR) is 67.5 cm³/mol. The van der Waals surface area contributed by atoms with Gasteiger partial charge >= 0.3 is 0 Å². The van der Waals surface area contributed by atoms with E-state index in [1.54, 1.807) is 7.11 Å². The molecule has 5 nitrogen and oxygen atoms in total. The minimum Gasteiger partial charge on any atom is -0.384 e. The van der Waals surface area contributed by atoms with Crippen molar-refractivity contribution >= 4 is 5.69 Å². The van der Waals surface area contributed by atoms with Crippen LogP contribution in [0.4, 0.5) is 5.69 Å². The number of fused-ring (bicyclic) bond motifs is 1. The SMILES string of the molecule is COCCc1noc(-c2ccc3c(c2)NCC3)n1. The van der Waals surface area contributed by atoms with Gasteiger partial charge in [0.15, 0.2) is 5.82 Å². The molecule has 3 rings (SSSR count). The molecule has 0 fully saturated rings. The molecule has 0 unspecified atom stereocenters. The first-order chi connectivity index (χ1) is 8.86. The number of nitrogens with zero attached hydrogens (tertiary/aromatic N) is 2. The first-order valence-electron chi connectivity index (χ1n) is 6.05. The summed E-state index contributed by atoms with van der Waals surface area (Å²) in [7, 11) is 1.66. The number of hydrogen-bond acceptors (Lipinski definition) is 5. The van der Waals surface area contributed by atoms with Crippen molar-refractivity contribution in [1.82, 2.24) is 10.1 Å². The fraction of sp³-hybridized carbons (Fsp3) is 0.385. The molecule has 1 aliphatic heterocycles. The molecule has 0 radical (unpaired) electrons. The first kappa shape index (κ1) is 11.2. The highest BCUT2D eigenvalue weighted by atomic mass is 16.5. The van der Waals surface area contributed by atoms with E-state index < -0.39 is 0 Å². The van der Waals surface area contributed by atoms with Gasteiger partial charge in [-0.05, 0) is 24.1 Å². The smallest absolute Gasteiger partial charge is 0.257 e. The number of hydrogen-bond donors (Lipinski definition) is 1. The van der Waals surface area contributed by atoms with E-state index in [9.17, 15) is 0 Å². The maximum atomic E-state index is 5.26. The standard InChI is InChI=1S/C13H15N3O2/c1-17-7-5-12-15-13(18-16-12)10-3-2-9-4-6-14-11(9)8-10/h2-3,8,14H,4-7H2,1H3. The Labute approximate surface area is 105 Å². The number of methoxy groups -OCH3 is 1. The molecule has 5 heteroatoms. The Bertz CT molecular complexity index is 551. The zero-order chi connectivity index (χ0) is 12.4. The molecule has 2 aromatic rings. The summed E-state index contributed by atoms with van der Waals surface area (Å²) in [6.07, 6.45) is 1.75. The average Bonchev–Trinajstić information content (AvgIpc) is 3.04. The van der Waals surface area contributed by atoms with Gasteiger partial charge in [-0.1, -0.05) is 11.2 Å². The third-order valence-electron chi connectivity index (χ3n) is 3.06. The van der Waals surface area contributed by atoms with Gasteiger partial charge in [0.05, 0.1) is 6.61 Å². The number of rotatable bonds is 4. The summed E-state index contributed by atoms with van der Waals surface area (Å²) >= 11 is 0. The third-order valence-corrected chi connectivity index (χ3v) is 3.06. The largest absolute Gasteiger partial charge is 0.384 e. The maximum Gasteiger partial charge on any atom is 0.257 e. The van der Waals surface area contributed by atoms with Crippen LogP contribution in [0, 0.1) is 0 Å². The Kier molecular flexibility index (Phi) is 2.98. The lowest BCUT2D eigenvalue weighted by Crippen LogP contribution is -1.96. The van der Waals surface area contributed by atoms with Gasteiger partial charge in [0.1, 0.15) is 0 Å². The van der Waals surface area contributed by atoms with Gasteiger partial charge in [0, 0.05) is 31.3 Å². The zero-order valence-electron chi connectivity index (χ0n) is 10.3. The Morgan fingerprint density at radius 1 is 1.44 bits per heavy atom. The number of anilines is 1. The molecule has 0 aliphatic carbocycles. The van der Waals surface area contributed by atoms with Crippen molar-refractivity contribution in [3.05, 3.63) is 29.6 Å². The summed E-state index contributed by atoms with van der Waals surface area (Å²) in [5, 5.41) is 7.28. The Hall–Kier alpha value is -1.88. The second-order valence-electron chi connectivity index (χ2n) is 4.31. The summed E-state index contributed by atoms with van der Waals surface area (Å²) < 4.78 is 10.3. The topological polar surface area (TPSA) is 60.2 Å². The van der Waals surface area contributed by atoms with Crippen LogP contribution in [0.25, 0.3) is 11.5 Å². The van der Waals surface area contributed by atoms with Crippen LogP contribution in [0.15, 0.2) is 22.7 Å². The molecule has 2 heterocycles. The molecule has 0 saturated heterocycles. The molecule has 0 atom stereocenters. The molecule has 1 aromatic heterocycles. The molecule has 1 N–H and O–H groups in total. The van der Waals surface area contributed by atoms with Crippen molar-refractivity contribution in [1.29, 1.82) is 0 Å². The van der Waals surface area contributed by atoms with Crippen molar-refractivity contribution in [3.63, 3.8) is 0 Å². The molecule has 94 valence electrons. The van der Waals surface area contributed by atoms with E-state index in [0.29, 0.717) is 24.7 Å². The van der Waals surface area contributed by atoms with E-state index in [0.717, 1.165) is 18.5 Å². The van der Waals surface area contributed by atoms with E-state index in [4.69, 9.17) is 9.26 Å². The molecular formula is C13H15N3O2. The van der Waals surface area contributed by atoms with Crippen LogP contribution < -0.4 is 5.32 Å². The zero-order valence-corrected chi connectivity index (χ0v) is 10.3. The van der Waals surface area contributed by atoms with Crippen LogP contribution in [0.3, 0.4) is 0 Å². The van der Waals surface area contributed by atoms with Crippen molar-refractivity contribution in [2.45, 2.75) is 12.8 Å². The Morgan fingerprint density at radius 2 is 2.39 bits per heavy atom. The van der Waals surface area contributed by atoms with Crippen LogP contribution in [-0.4, -0.2) is 30.4 Å². The van der Waals surface area contributed by atoms with Crippen molar-refractivity contribution in [2.24, 2.45) is 0 Å². The Balaban J connectivity index is 1.83. The molecule has 1 aromatic carbocycles. The van der Waals surface area contributed by atoms with E-state index in [-0.39, 0.29) is 0 Å².